The maximum absolute atomic E-state index is 12.9. The number of imide groups is 1. The molecule has 2 fully saturated rings. The maximum atomic E-state index is 12.9. The van der Waals surface area contributed by atoms with Crippen LogP contribution in [0.4, 0.5) is 4.79 Å². The van der Waals surface area contributed by atoms with Crippen LogP contribution in [0, 0.1) is 0 Å². The molecular formula is C24H29N5O4. The van der Waals surface area contributed by atoms with E-state index in [2.05, 4.69) is 15.6 Å². The van der Waals surface area contributed by atoms with Crippen molar-refractivity contribution in [1.29, 1.82) is 0 Å². The fraction of sp³-hybridized carbons (Fsp3) is 0.375. The molecule has 0 bridgehead atoms. The first-order valence-electron chi connectivity index (χ1n) is 11.1. The molecule has 2 aromatic carbocycles. The van der Waals surface area contributed by atoms with E-state index in [9.17, 15) is 14.4 Å². The van der Waals surface area contributed by atoms with Crippen molar-refractivity contribution in [3.8, 4) is 5.75 Å². The van der Waals surface area contributed by atoms with Gasteiger partial charge in [0.2, 0.25) is 0 Å². The lowest BCUT2D eigenvalue weighted by molar-refractivity contribution is -0.139. The number of para-hydroxylation sites is 1. The molecule has 174 valence electrons. The Morgan fingerprint density at radius 1 is 0.970 bits per heavy atom. The average Bonchev–Trinajstić information content (AvgIpc) is 3.05. The normalized spacial score (nSPS) is 21.7. The molecular weight excluding hydrogens is 422 g/mol. The number of nitrogens with zero attached hydrogens (tertiary/aromatic N) is 3. The van der Waals surface area contributed by atoms with Crippen LogP contribution in [0.1, 0.15) is 12.5 Å². The number of hydrogen-bond acceptors (Lipinski definition) is 6. The first-order chi connectivity index (χ1) is 16.0. The number of hydrazine groups is 1. The van der Waals surface area contributed by atoms with E-state index in [4.69, 9.17) is 4.74 Å². The van der Waals surface area contributed by atoms with Crippen molar-refractivity contribution in [3.05, 3.63) is 66.2 Å². The maximum Gasteiger partial charge on any atom is 0.344 e. The Balaban J connectivity index is 1.21. The van der Waals surface area contributed by atoms with E-state index in [0.29, 0.717) is 12.2 Å². The van der Waals surface area contributed by atoms with E-state index in [1.165, 1.54) is 0 Å². The number of hydrogen-bond donors (Lipinski definition) is 2. The average molecular weight is 452 g/mol. The summed E-state index contributed by atoms with van der Waals surface area (Å²) in [6, 6.07) is 18.1. The zero-order chi connectivity index (χ0) is 23.3. The molecule has 0 aliphatic carbocycles. The van der Waals surface area contributed by atoms with Crippen LogP contribution in [0.5, 0.6) is 5.75 Å². The molecule has 2 N–H and O–H groups in total. The van der Waals surface area contributed by atoms with Crippen LogP contribution in [0.25, 0.3) is 0 Å². The predicted octanol–water partition coefficient (Wildman–Crippen LogP) is 1.18. The number of carbonyl (C=O) groups is 3. The van der Waals surface area contributed by atoms with Crippen LogP contribution in [0.2, 0.25) is 0 Å². The number of amides is 4. The van der Waals surface area contributed by atoms with Crippen LogP contribution in [-0.4, -0.2) is 78.5 Å². The van der Waals surface area contributed by atoms with Crippen LogP contribution >= 0.6 is 0 Å². The molecule has 0 aromatic heterocycles. The molecule has 9 nitrogen and oxygen atoms in total. The molecule has 1 atom stereocenters. The van der Waals surface area contributed by atoms with Gasteiger partial charge in [0.15, 0.2) is 0 Å². The Morgan fingerprint density at radius 2 is 1.58 bits per heavy atom. The van der Waals surface area contributed by atoms with E-state index in [1.807, 2.05) is 41.3 Å². The Hall–Kier alpha value is -3.43. The molecule has 0 spiro atoms. The van der Waals surface area contributed by atoms with Crippen molar-refractivity contribution in [1.82, 2.24) is 25.6 Å². The van der Waals surface area contributed by atoms with Crippen LogP contribution < -0.4 is 15.5 Å². The first kappa shape index (κ1) is 22.8. The minimum atomic E-state index is -1.21. The van der Waals surface area contributed by atoms with Crippen LogP contribution in [0.3, 0.4) is 0 Å². The summed E-state index contributed by atoms with van der Waals surface area (Å²) in [7, 11) is 0. The van der Waals surface area contributed by atoms with Crippen molar-refractivity contribution in [2.75, 3.05) is 45.9 Å². The number of benzene rings is 2. The molecule has 4 amide bonds. The number of nitrogens with one attached hydrogen (secondary N) is 2. The molecule has 2 aromatic rings. The molecule has 2 saturated heterocycles. The minimum Gasteiger partial charge on any atom is -0.492 e. The van der Waals surface area contributed by atoms with Gasteiger partial charge in [0.1, 0.15) is 17.9 Å². The SMILES string of the molecule is C[C@@]1(c2ccccc2)NC(=O)N(NC(=O)CN2CCN(CCOc3ccccc3)CC2)C1=O. The van der Waals surface area contributed by atoms with Gasteiger partial charge in [-0.1, -0.05) is 48.5 Å². The molecule has 9 heteroatoms. The monoisotopic (exact) mass is 451 g/mol. The summed E-state index contributed by atoms with van der Waals surface area (Å²) in [6.45, 7) is 6.26. The third-order valence-electron chi connectivity index (χ3n) is 6.03. The van der Waals surface area contributed by atoms with Gasteiger partial charge in [-0.15, -0.1) is 0 Å². The van der Waals surface area contributed by atoms with E-state index in [0.717, 1.165) is 43.5 Å². The smallest absolute Gasteiger partial charge is 0.344 e. The highest BCUT2D eigenvalue weighted by atomic mass is 16.5. The lowest BCUT2D eigenvalue weighted by atomic mass is 9.92. The number of rotatable bonds is 8. The van der Waals surface area contributed by atoms with Crippen molar-refractivity contribution in [2.24, 2.45) is 0 Å². The highest BCUT2D eigenvalue weighted by Gasteiger charge is 2.50. The fourth-order valence-corrected chi connectivity index (χ4v) is 4.05. The van der Waals surface area contributed by atoms with Crippen LogP contribution in [0.15, 0.2) is 60.7 Å². The summed E-state index contributed by atoms with van der Waals surface area (Å²) in [4.78, 5) is 42.2. The van der Waals surface area contributed by atoms with Crippen molar-refractivity contribution in [2.45, 2.75) is 12.5 Å². The van der Waals surface area contributed by atoms with Gasteiger partial charge in [0.05, 0.1) is 6.54 Å². The Kier molecular flexibility index (Phi) is 6.90. The van der Waals surface area contributed by atoms with E-state index < -0.39 is 23.4 Å². The second-order valence-corrected chi connectivity index (χ2v) is 8.38. The Labute approximate surface area is 193 Å². The summed E-state index contributed by atoms with van der Waals surface area (Å²) in [5.41, 5.74) is 1.92. The Morgan fingerprint density at radius 3 is 2.24 bits per heavy atom. The molecule has 2 aliphatic rings. The summed E-state index contributed by atoms with van der Waals surface area (Å²) in [5, 5.41) is 3.47. The molecule has 33 heavy (non-hydrogen) atoms. The molecule has 2 heterocycles. The zero-order valence-electron chi connectivity index (χ0n) is 18.7. The summed E-state index contributed by atoms with van der Waals surface area (Å²) < 4.78 is 5.75. The number of ether oxygens (including phenoxy) is 1. The van der Waals surface area contributed by atoms with Gasteiger partial charge >= 0.3 is 6.03 Å². The van der Waals surface area contributed by atoms with Gasteiger partial charge in [-0.3, -0.25) is 24.8 Å². The van der Waals surface area contributed by atoms with Gasteiger partial charge < -0.3 is 10.1 Å². The van der Waals surface area contributed by atoms with Crippen molar-refractivity contribution < 1.29 is 19.1 Å². The third kappa shape index (κ3) is 5.32. The van der Waals surface area contributed by atoms with Crippen LogP contribution in [-0.2, 0) is 15.1 Å². The van der Waals surface area contributed by atoms with E-state index in [1.54, 1.807) is 31.2 Å². The van der Waals surface area contributed by atoms with Crippen molar-refractivity contribution >= 4 is 17.8 Å². The quantitative estimate of drug-likeness (QED) is 0.586. The summed E-state index contributed by atoms with van der Waals surface area (Å²) >= 11 is 0. The number of piperazine rings is 1. The molecule has 0 unspecified atom stereocenters. The number of urea groups is 1. The standard InChI is InChI=1S/C24H29N5O4/c1-24(19-8-4-2-5-9-19)22(31)29(23(32)25-24)26-21(30)18-28-14-12-27(13-15-28)16-17-33-20-10-6-3-7-11-20/h2-11H,12-18H2,1H3,(H,25,32)(H,26,30)/t24-/m0/s1. The van der Waals surface area contributed by atoms with Gasteiger partial charge in [-0.05, 0) is 24.6 Å². The lowest BCUT2D eigenvalue weighted by Crippen LogP contribution is -2.54. The highest BCUT2D eigenvalue weighted by molar-refractivity contribution is 6.08. The Bertz CT molecular complexity index is 979. The molecule has 0 radical (unpaired) electrons. The van der Waals surface area contributed by atoms with Crippen molar-refractivity contribution in [3.63, 3.8) is 0 Å². The minimum absolute atomic E-state index is 0.119. The third-order valence-corrected chi connectivity index (χ3v) is 6.03. The topological polar surface area (TPSA) is 94.2 Å². The van der Waals surface area contributed by atoms with Gasteiger partial charge in [-0.2, -0.15) is 5.01 Å². The van der Waals surface area contributed by atoms with E-state index in [-0.39, 0.29) is 6.54 Å². The molecule has 0 saturated carbocycles. The largest absolute Gasteiger partial charge is 0.492 e. The predicted molar refractivity (Wildman–Crippen MR) is 122 cm³/mol. The fourth-order valence-electron chi connectivity index (χ4n) is 4.05. The van der Waals surface area contributed by atoms with E-state index >= 15 is 0 Å². The number of carbonyl (C=O) groups excluding carboxylic acids is 3. The zero-order valence-corrected chi connectivity index (χ0v) is 18.7. The van der Waals surface area contributed by atoms with Gasteiger partial charge in [-0.25, -0.2) is 4.79 Å². The summed E-state index contributed by atoms with van der Waals surface area (Å²) in [5.74, 6) is -0.0383. The van der Waals surface area contributed by atoms with Gasteiger partial charge in [0.25, 0.3) is 11.8 Å². The molecule has 4 rings (SSSR count). The highest BCUT2D eigenvalue weighted by Crippen LogP contribution is 2.27. The second kappa shape index (κ2) is 10.0. The second-order valence-electron chi connectivity index (χ2n) is 8.38. The van der Waals surface area contributed by atoms with Gasteiger partial charge in [0, 0.05) is 32.7 Å². The first-order valence-corrected chi connectivity index (χ1v) is 11.1. The molecule has 2 aliphatic heterocycles. The lowest BCUT2D eigenvalue weighted by Gasteiger charge is -2.34. The summed E-state index contributed by atoms with van der Waals surface area (Å²) in [6.07, 6.45) is 0.